The summed E-state index contributed by atoms with van der Waals surface area (Å²) >= 11 is 12.7. The second-order valence-corrected chi connectivity index (χ2v) is 12.6. The van der Waals surface area contributed by atoms with Crippen LogP contribution in [0.4, 0.5) is 5.69 Å². The molecular weight excluding hydrogens is 569 g/mol. The van der Waals surface area contributed by atoms with E-state index < -0.39 is 28.5 Å². The first-order chi connectivity index (χ1) is 18.8. The number of sulfonamides is 1. The first kappa shape index (κ1) is 31.5. The van der Waals surface area contributed by atoms with Gasteiger partial charge in [-0.25, -0.2) is 8.42 Å². The monoisotopic (exact) mass is 603 g/mol. The second-order valence-electron chi connectivity index (χ2n) is 9.99. The average molecular weight is 605 g/mol. The van der Waals surface area contributed by atoms with E-state index in [-0.39, 0.29) is 39.1 Å². The fourth-order valence-electron chi connectivity index (χ4n) is 4.23. The number of aryl methyl sites for hydroxylation is 2. The molecule has 3 aromatic carbocycles. The van der Waals surface area contributed by atoms with Gasteiger partial charge in [-0.3, -0.25) is 13.9 Å². The standard InChI is InChI=1S/C30H35Cl2N3O4S/c1-6-26(30(37)33-20(2)3)34(18-23-14-10-21(4)11-15-23)28(36)19-35(27-9-7-8-25(31)29(27)32)40(38,39)24-16-12-22(5)13-17-24/h7-17,20,26H,6,18-19H2,1-5H3,(H,33,37)/t26-/m1/s1. The zero-order valence-electron chi connectivity index (χ0n) is 23.3. The number of hydrogen-bond donors (Lipinski definition) is 1. The number of nitrogens with zero attached hydrogens (tertiary/aromatic N) is 2. The van der Waals surface area contributed by atoms with Gasteiger partial charge < -0.3 is 10.2 Å². The SMILES string of the molecule is CC[C@H](C(=O)NC(C)C)N(Cc1ccc(C)cc1)C(=O)CN(c1cccc(Cl)c1Cl)S(=O)(=O)c1ccc(C)cc1. The van der Waals surface area contributed by atoms with E-state index in [0.29, 0.717) is 6.42 Å². The molecule has 0 saturated heterocycles. The van der Waals surface area contributed by atoms with E-state index in [2.05, 4.69) is 5.32 Å². The van der Waals surface area contributed by atoms with Gasteiger partial charge in [0.25, 0.3) is 10.0 Å². The Morgan fingerprint density at radius 3 is 2.02 bits per heavy atom. The number of hydrogen-bond acceptors (Lipinski definition) is 4. The molecule has 0 aliphatic heterocycles. The summed E-state index contributed by atoms with van der Waals surface area (Å²) in [4.78, 5) is 28.7. The van der Waals surface area contributed by atoms with Gasteiger partial charge in [-0.05, 0) is 63.9 Å². The summed E-state index contributed by atoms with van der Waals surface area (Å²) in [7, 11) is -4.25. The smallest absolute Gasteiger partial charge is 0.264 e. The van der Waals surface area contributed by atoms with Crippen molar-refractivity contribution >= 4 is 50.7 Å². The van der Waals surface area contributed by atoms with Crippen LogP contribution in [-0.4, -0.2) is 43.8 Å². The molecule has 214 valence electrons. The number of nitrogens with one attached hydrogen (secondary N) is 1. The third-order valence-corrected chi connectivity index (χ3v) is 8.96. The van der Waals surface area contributed by atoms with Crippen LogP contribution in [0.15, 0.2) is 71.6 Å². The van der Waals surface area contributed by atoms with Gasteiger partial charge in [0.15, 0.2) is 0 Å². The molecule has 0 spiro atoms. The van der Waals surface area contributed by atoms with E-state index in [1.165, 1.54) is 23.1 Å². The molecule has 3 aromatic rings. The molecule has 0 fully saturated rings. The van der Waals surface area contributed by atoms with Crippen LogP contribution in [-0.2, 0) is 26.2 Å². The molecule has 2 amide bonds. The molecule has 1 atom stereocenters. The number of benzene rings is 3. The van der Waals surface area contributed by atoms with Gasteiger partial charge in [0.05, 0.1) is 20.6 Å². The predicted octanol–water partition coefficient (Wildman–Crippen LogP) is 6.14. The van der Waals surface area contributed by atoms with E-state index in [4.69, 9.17) is 23.2 Å². The normalized spacial score (nSPS) is 12.2. The van der Waals surface area contributed by atoms with Crippen molar-refractivity contribution in [2.45, 2.75) is 64.6 Å². The van der Waals surface area contributed by atoms with Crippen molar-refractivity contribution in [2.75, 3.05) is 10.8 Å². The van der Waals surface area contributed by atoms with Crippen LogP contribution < -0.4 is 9.62 Å². The molecule has 10 heteroatoms. The lowest BCUT2D eigenvalue weighted by molar-refractivity contribution is -0.140. The Balaban J connectivity index is 2.10. The van der Waals surface area contributed by atoms with Crippen LogP contribution in [0, 0.1) is 13.8 Å². The summed E-state index contributed by atoms with van der Waals surface area (Å²) in [6, 6.07) is 17.6. The molecule has 0 bridgehead atoms. The minimum absolute atomic E-state index is 0.00216. The number of amides is 2. The average Bonchev–Trinajstić information content (AvgIpc) is 2.89. The maximum atomic E-state index is 14.1. The Morgan fingerprint density at radius 1 is 0.900 bits per heavy atom. The van der Waals surface area contributed by atoms with Crippen LogP contribution in [0.25, 0.3) is 0 Å². The lowest BCUT2D eigenvalue weighted by atomic mass is 10.1. The molecule has 0 aliphatic rings. The highest BCUT2D eigenvalue weighted by Crippen LogP contribution is 2.35. The molecule has 3 rings (SSSR count). The zero-order chi connectivity index (χ0) is 29.6. The molecular formula is C30H35Cl2N3O4S. The van der Waals surface area contributed by atoms with Crippen LogP contribution >= 0.6 is 23.2 Å². The fourth-order valence-corrected chi connectivity index (χ4v) is 6.10. The summed E-state index contributed by atoms with van der Waals surface area (Å²) in [6.45, 7) is 8.83. The first-order valence-corrected chi connectivity index (χ1v) is 15.2. The van der Waals surface area contributed by atoms with Crippen molar-refractivity contribution in [1.82, 2.24) is 10.2 Å². The fraction of sp³-hybridized carbons (Fsp3) is 0.333. The van der Waals surface area contributed by atoms with Gasteiger partial charge in [0.2, 0.25) is 11.8 Å². The topological polar surface area (TPSA) is 86.8 Å². The van der Waals surface area contributed by atoms with E-state index >= 15 is 0 Å². The summed E-state index contributed by atoms with van der Waals surface area (Å²) in [6.07, 6.45) is 0.332. The minimum Gasteiger partial charge on any atom is -0.352 e. The van der Waals surface area contributed by atoms with Crippen molar-refractivity contribution < 1.29 is 18.0 Å². The molecule has 1 N–H and O–H groups in total. The molecule has 0 aliphatic carbocycles. The van der Waals surface area contributed by atoms with Gasteiger partial charge in [-0.15, -0.1) is 0 Å². The van der Waals surface area contributed by atoms with Gasteiger partial charge in [0.1, 0.15) is 12.6 Å². The Bertz CT molecular complexity index is 1440. The number of carbonyl (C=O) groups excluding carboxylic acids is 2. The van der Waals surface area contributed by atoms with Crippen LogP contribution in [0.2, 0.25) is 10.0 Å². The summed E-state index contributed by atoms with van der Waals surface area (Å²) in [5.41, 5.74) is 2.81. The zero-order valence-corrected chi connectivity index (χ0v) is 25.6. The third-order valence-electron chi connectivity index (χ3n) is 6.38. The van der Waals surface area contributed by atoms with Crippen LogP contribution in [0.3, 0.4) is 0 Å². The highest BCUT2D eigenvalue weighted by atomic mass is 35.5. The van der Waals surface area contributed by atoms with E-state index in [0.717, 1.165) is 21.0 Å². The van der Waals surface area contributed by atoms with Gasteiger partial charge in [-0.2, -0.15) is 0 Å². The van der Waals surface area contributed by atoms with Crippen molar-refractivity contribution in [3.05, 3.63) is 93.5 Å². The molecule has 0 aromatic heterocycles. The molecule has 0 unspecified atom stereocenters. The van der Waals surface area contributed by atoms with Crippen molar-refractivity contribution in [1.29, 1.82) is 0 Å². The Hall–Kier alpha value is -3.07. The van der Waals surface area contributed by atoms with Crippen molar-refractivity contribution in [2.24, 2.45) is 0 Å². The lowest BCUT2D eigenvalue weighted by Crippen LogP contribution is -2.53. The van der Waals surface area contributed by atoms with E-state index in [1.54, 1.807) is 24.3 Å². The summed E-state index contributed by atoms with van der Waals surface area (Å²) in [5.74, 6) is -0.871. The molecule has 7 nitrogen and oxygen atoms in total. The first-order valence-electron chi connectivity index (χ1n) is 13.0. The molecule has 0 saturated carbocycles. The van der Waals surface area contributed by atoms with Crippen LogP contribution in [0.1, 0.15) is 43.9 Å². The highest BCUT2D eigenvalue weighted by molar-refractivity contribution is 7.92. The van der Waals surface area contributed by atoms with Crippen molar-refractivity contribution in [3.8, 4) is 0 Å². The second kappa shape index (κ2) is 13.5. The van der Waals surface area contributed by atoms with Gasteiger partial charge in [0, 0.05) is 12.6 Å². The van der Waals surface area contributed by atoms with Crippen LogP contribution in [0.5, 0.6) is 0 Å². The Morgan fingerprint density at radius 2 is 1.48 bits per heavy atom. The number of rotatable bonds is 11. The highest BCUT2D eigenvalue weighted by Gasteiger charge is 2.34. The van der Waals surface area contributed by atoms with Gasteiger partial charge >= 0.3 is 0 Å². The number of carbonyl (C=O) groups is 2. The van der Waals surface area contributed by atoms with E-state index in [9.17, 15) is 18.0 Å². The number of halogens is 2. The Kier molecular flexibility index (Phi) is 10.6. The predicted molar refractivity (Wildman–Crippen MR) is 161 cm³/mol. The summed E-state index contributed by atoms with van der Waals surface area (Å²) < 4.78 is 28.9. The summed E-state index contributed by atoms with van der Waals surface area (Å²) in [5, 5.41) is 3.03. The minimum atomic E-state index is -4.25. The molecule has 0 heterocycles. The number of anilines is 1. The third kappa shape index (κ3) is 7.56. The maximum absolute atomic E-state index is 14.1. The molecule has 40 heavy (non-hydrogen) atoms. The van der Waals surface area contributed by atoms with Crippen molar-refractivity contribution in [3.63, 3.8) is 0 Å². The van der Waals surface area contributed by atoms with E-state index in [1.807, 2.05) is 58.9 Å². The lowest BCUT2D eigenvalue weighted by Gasteiger charge is -2.33. The quantitative estimate of drug-likeness (QED) is 0.285. The maximum Gasteiger partial charge on any atom is 0.264 e. The molecule has 0 radical (unpaired) electrons. The van der Waals surface area contributed by atoms with Gasteiger partial charge in [-0.1, -0.05) is 83.7 Å². The Labute approximate surface area is 247 Å². The largest absolute Gasteiger partial charge is 0.352 e.